The number of benzene rings is 2. The van der Waals surface area contributed by atoms with Crippen LogP contribution in [0.5, 0.6) is 0 Å². The molecule has 1 aliphatic heterocycles. The van der Waals surface area contributed by atoms with E-state index in [0.29, 0.717) is 19.6 Å². The Morgan fingerprint density at radius 3 is 2.68 bits per heavy atom. The van der Waals surface area contributed by atoms with Crippen LogP contribution in [0.25, 0.3) is 10.9 Å². The van der Waals surface area contributed by atoms with Crippen molar-refractivity contribution in [3.63, 3.8) is 0 Å². The Labute approximate surface area is 184 Å². The third-order valence-corrected chi connectivity index (χ3v) is 6.74. The number of hydrogen-bond donors (Lipinski definition) is 2. The van der Waals surface area contributed by atoms with E-state index in [1.807, 2.05) is 6.07 Å². The molecular formula is C26H34N2O3. The predicted molar refractivity (Wildman–Crippen MR) is 124 cm³/mol. The number of methoxy groups -OCH3 is 1. The van der Waals surface area contributed by atoms with E-state index < -0.39 is 11.5 Å². The SMILES string of the molecule is COCCC[C@@]1(CO)CN(Cc2ccc3ccn(Cc4ccccc4)c3c2)CC[C@H]1O. The molecule has 0 aliphatic carbocycles. The molecule has 0 bridgehead atoms. The number of ether oxygens (including phenoxy) is 1. The monoisotopic (exact) mass is 422 g/mol. The lowest BCUT2D eigenvalue weighted by Crippen LogP contribution is -2.53. The zero-order valence-electron chi connectivity index (χ0n) is 18.4. The molecule has 1 fully saturated rings. The standard InChI is InChI=1S/C26H34N2O3/c1-31-15-5-12-26(20-29)19-27(13-11-25(26)30)17-22-8-9-23-10-14-28(24(23)16-22)18-21-6-3-2-4-7-21/h2-4,6-10,14,16,25,29-30H,5,11-13,15,17-20H2,1H3/t25-,26+/m1/s1. The maximum Gasteiger partial charge on any atom is 0.0642 e. The number of fused-ring (bicyclic) bond motifs is 1. The second-order valence-electron chi connectivity index (χ2n) is 8.95. The Bertz CT molecular complexity index is 971. The molecule has 2 atom stereocenters. The third-order valence-electron chi connectivity index (χ3n) is 6.74. The summed E-state index contributed by atoms with van der Waals surface area (Å²) in [5, 5.41) is 22.1. The molecule has 1 aromatic heterocycles. The molecule has 4 rings (SSSR count). The summed E-state index contributed by atoms with van der Waals surface area (Å²) in [7, 11) is 1.69. The van der Waals surface area contributed by atoms with Gasteiger partial charge in [-0.25, -0.2) is 0 Å². The van der Waals surface area contributed by atoms with Gasteiger partial charge >= 0.3 is 0 Å². The van der Waals surface area contributed by atoms with Gasteiger partial charge in [0, 0.05) is 57.0 Å². The highest BCUT2D eigenvalue weighted by molar-refractivity contribution is 5.81. The van der Waals surface area contributed by atoms with Gasteiger partial charge in [0.25, 0.3) is 0 Å². The maximum atomic E-state index is 10.7. The minimum Gasteiger partial charge on any atom is -0.396 e. The van der Waals surface area contributed by atoms with E-state index in [4.69, 9.17) is 4.74 Å². The zero-order chi connectivity index (χ0) is 21.7. The largest absolute Gasteiger partial charge is 0.396 e. The Morgan fingerprint density at radius 1 is 1.06 bits per heavy atom. The van der Waals surface area contributed by atoms with Gasteiger partial charge < -0.3 is 19.5 Å². The Balaban J connectivity index is 1.49. The summed E-state index contributed by atoms with van der Waals surface area (Å²) >= 11 is 0. The van der Waals surface area contributed by atoms with Crippen LogP contribution in [-0.4, -0.2) is 59.2 Å². The van der Waals surface area contributed by atoms with E-state index in [1.54, 1.807) is 7.11 Å². The average molecular weight is 423 g/mol. The molecule has 0 spiro atoms. The second-order valence-corrected chi connectivity index (χ2v) is 8.95. The van der Waals surface area contributed by atoms with Gasteiger partial charge in [-0.3, -0.25) is 4.90 Å². The molecule has 5 nitrogen and oxygen atoms in total. The first kappa shape index (κ1) is 22.0. The summed E-state index contributed by atoms with van der Waals surface area (Å²) in [5.74, 6) is 0. The van der Waals surface area contributed by atoms with Crippen LogP contribution in [0.15, 0.2) is 60.8 Å². The van der Waals surface area contributed by atoms with Crippen molar-refractivity contribution in [2.24, 2.45) is 5.41 Å². The molecule has 1 saturated heterocycles. The summed E-state index contributed by atoms with van der Waals surface area (Å²) in [6.07, 6.45) is 4.01. The van der Waals surface area contributed by atoms with Crippen molar-refractivity contribution < 1.29 is 14.9 Å². The molecule has 166 valence electrons. The molecule has 31 heavy (non-hydrogen) atoms. The predicted octanol–water partition coefficient (Wildman–Crippen LogP) is 3.66. The van der Waals surface area contributed by atoms with E-state index in [2.05, 4.69) is 64.2 Å². The van der Waals surface area contributed by atoms with Crippen molar-refractivity contribution in [3.05, 3.63) is 71.9 Å². The quantitative estimate of drug-likeness (QED) is 0.517. The number of aliphatic hydroxyl groups is 2. The van der Waals surface area contributed by atoms with Gasteiger partial charge in [-0.05, 0) is 47.9 Å². The van der Waals surface area contributed by atoms with Gasteiger partial charge in [-0.1, -0.05) is 42.5 Å². The van der Waals surface area contributed by atoms with Gasteiger partial charge in [-0.15, -0.1) is 0 Å². The number of aliphatic hydroxyl groups excluding tert-OH is 2. The molecule has 0 unspecified atom stereocenters. The van der Waals surface area contributed by atoms with Crippen molar-refractivity contribution >= 4 is 10.9 Å². The van der Waals surface area contributed by atoms with E-state index in [9.17, 15) is 10.2 Å². The van der Waals surface area contributed by atoms with Gasteiger partial charge in [0.05, 0.1) is 12.7 Å². The lowest BCUT2D eigenvalue weighted by atomic mass is 9.74. The van der Waals surface area contributed by atoms with Gasteiger partial charge in [0.15, 0.2) is 0 Å². The Kier molecular flexibility index (Phi) is 7.08. The maximum absolute atomic E-state index is 10.7. The van der Waals surface area contributed by atoms with Crippen LogP contribution in [-0.2, 0) is 17.8 Å². The van der Waals surface area contributed by atoms with Crippen LogP contribution < -0.4 is 0 Å². The molecule has 0 radical (unpaired) electrons. The third kappa shape index (κ3) is 5.01. The van der Waals surface area contributed by atoms with Crippen LogP contribution >= 0.6 is 0 Å². The Morgan fingerprint density at radius 2 is 1.90 bits per heavy atom. The van der Waals surface area contributed by atoms with Crippen LogP contribution in [0.2, 0.25) is 0 Å². The minimum absolute atomic E-state index is 0.00728. The van der Waals surface area contributed by atoms with Crippen molar-refractivity contribution in [2.75, 3.05) is 33.4 Å². The molecule has 0 saturated carbocycles. The topological polar surface area (TPSA) is 57.9 Å². The molecule has 1 aliphatic rings. The zero-order valence-corrected chi connectivity index (χ0v) is 18.4. The van der Waals surface area contributed by atoms with Gasteiger partial charge in [0.2, 0.25) is 0 Å². The average Bonchev–Trinajstić information content (AvgIpc) is 3.19. The van der Waals surface area contributed by atoms with Crippen molar-refractivity contribution in [1.29, 1.82) is 0 Å². The first-order valence-electron chi connectivity index (χ1n) is 11.3. The van der Waals surface area contributed by atoms with Crippen LogP contribution in [0, 0.1) is 5.41 Å². The van der Waals surface area contributed by atoms with Crippen LogP contribution in [0.3, 0.4) is 0 Å². The first-order valence-corrected chi connectivity index (χ1v) is 11.3. The summed E-state index contributed by atoms with van der Waals surface area (Å²) in [6.45, 7) is 3.90. The lowest BCUT2D eigenvalue weighted by Gasteiger charge is -2.45. The smallest absolute Gasteiger partial charge is 0.0642 e. The van der Waals surface area contributed by atoms with E-state index >= 15 is 0 Å². The van der Waals surface area contributed by atoms with Crippen molar-refractivity contribution in [1.82, 2.24) is 9.47 Å². The molecule has 2 heterocycles. The summed E-state index contributed by atoms with van der Waals surface area (Å²) in [6, 6.07) is 19.4. The second kappa shape index (κ2) is 9.96. The molecule has 5 heteroatoms. The van der Waals surface area contributed by atoms with E-state index in [-0.39, 0.29) is 6.61 Å². The number of likely N-dealkylation sites (tertiary alicyclic amines) is 1. The first-order chi connectivity index (χ1) is 15.1. The fourth-order valence-electron chi connectivity index (χ4n) is 4.93. The highest BCUT2D eigenvalue weighted by Gasteiger charge is 2.41. The fraction of sp³-hybridized carbons (Fsp3) is 0.462. The number of nitrogens with zero attached hydrogens (tertiary/aromatic N) is 2. The molecule has 0 amide bonds. The lowest BCUT2D eigenvalue weighted by molar-refractivity contribution is -0.0843. The van der Waals surface area contributed by atoms with Gasteiger partial charge in [-0.2, -0.15) is 0 Å². The van der Waals surface area contributed by atoms with E-state index in [1.165, 1.54) is 22.0 Å². The number of hydrogen-bond acceptors (Lipinski definition) is 4. The summed E-state index contributed by atoms with van der Waals surface area (Å²) in [5.41, 5.74) is 3.33. The van der Waals surface area contributed by atoms with E-state index in [0.717, 1.165) is 32.5 Å². The van der Waals surface area contributed by atoms with Crippen LogP contribution in [0.1, 0.15) is 30.4 Å². The summed E-state index contributed by atoms with van der Waals surface area (Å²) < 4.78 is 7.49. The molecule has 3 aromatic rings. The molecule has 2 N–H and O–H groups in total. The highest BCUT2D eigenvalue weighted by atomic mass is 16.5. The normalized spacial score (nSPS) is 22.2. The number of rotatable bonds is 9. The number of aromatic nitrogens is 1. The van der Waals surface area contributed by atoms with Crippen molar-refractivity contribution in [2.45, 2.75) is 38.5 Å². The van der Waals surface area contributed by atoms with Gasteiger partial charge in [0.1, 0.15) is 0 Å². The van der Waals surface area contributed by atoms with Crippen LogP contribution in [0.4, 0.5) is 0 Å². The highest BCUT2D eigenvalue weighted by Crippen LogP contribution is 2.35. The fourth-order valence-corrected chi connectivity index (χ4v) is 4.93. The van der Waals surface area contributed by atoms with Crippen molar-refractivity contribution in [3.8, 4) is 0 Å². The minimum atomic E-state index is -0.464. The molecule has 2 aromatic carbocycles. The number of piperidine rings is 1. The summed E-state index contributed by atoms with van der Waals surface area (Å²) in [4.78, 5) is 2.38. The Hall–Kier alpha value is -2.18. The molecular weight excluding hydrogens is 388 g/mol.